The van der Waals surface area contributed by atoms with Crippen molar-refractivity contribution in [2.75, 3.05) is 0 Å². The van der Waals surface area contributed by atoms with Gasteiger partial charge in [0.15, 0.2) is 0 Å². The van der Waals surface area contributed by atoms with Crippen molar-refractivity contribution in [3.8, 4) is 0 Å². The molecule has 1 fully saturated rings. The third-order valence-electron chi connectivity index (χ3n) is 3.68. The lowest BCUT2D eigenvalue weighted by molar-refractivity contribution is -0.0446. The molecule has 0 aromatic rings. The van der Waals surface area contributed by atoms with E-state index in [2.05, 4.69) is 25.3 Å². The summed E-state index contributed by atoms with van der Waals surface area (Å²) >= 11 is 0. The zero-order chi connectivity index (χ0) is 9.53. The van der Waals surface area contributed by atoms with Crippen molar-refractivity contribution in [2.24, 2.45) is 11.3 Å². The predicted octanol–water partition coefficient (Wildman–Crippen LogP) is 2.45. The summed E-state index contributed by atoms with van der Waals surface area (Å²) < 4.78 is 0. The maximum Gasteiger partial charge on any atom is 0.0955 e. The van der Waals surface area contributed by atoms with E-state index in [1.54, 1.807) is 6.08 Å². The van der Waals surface area contributed by atoms with E-state index in [4.69, 9.17) is 0 Å². The molecule has 1 nitrogen and oxygen atoms in total. The second-order valence-corrected chi connectivity index (χ2v) is 4.23. The minimum absolute atomic E-state index is 0.247. The van der Waals surface area contributed by atoms with Crippen LogP contribution in [0.5, 0.6) is 0 Å². The molecule has 2 bridgehead atoms. The largest absolute Gasteiger partial charge is 0.385 e. The average molecular weight is 176 g/mol. The lowest BCUT2D eigenvalue weighted by atomic mass is 9.56. The third kappa shape index (κ3) is 0.969. The van der Waals surface area contributed by atoms with Crippen molar-refractivity contribution in [3.05, 3.63) is 37.5 Å². The van der Waals surface area contributed by atoms with Crippen molar-refractivity contribution in [3.63, 3.8) is 0 Å². The SMILES string of the molecule is C=CC1(O)CC2C=CC1(C=C)CC2. The molecule has 70 valence electrons. The van der Waals surface area contributed by atoms with Gasteiger partial charge < -0.3 is 5.11 Å². The first-order valence-corrected chi connectivity index (χ1v) is 4.85. The molecule has 0 heterocycles. The van der Waals surface area contributed by atoms with Gasteiger partial charge in [0.2, 0.25) is 0 Å². The molecular formula is C12H16O. The van der Waals surface area contributed by atoms with E-state index in [9.17, 15) is 5.11 Å². The summed E-state index contributed by atoms with van der Waals surface area (Å²) in [5, 5.41) is 10.4. The summed E-state index contributed by atoms with van der Waals surface area (Å²) in [5.41, 5.74) is -1.00. The van der Waals surface area contributed by atoms with Crippen LogP contribution in [0.2, 0.25) is 0 Å². The van der Waals surface area contributed by atoms with E-state index in [1.807, 2.05) is 6.08 Å². The molecule has 13 heavy (non-hydrogen) atoms. The normalized spacial score (nSPS) is 47.6. The van der Waals surface area contributed by atoms with Crippen LogP contribution in [0, 0.1) is 11.3 Å². The molecule has 3 atom stereocenters. The first kappa shape index (κ1) is 8.76. The fourth-order valence-corrected chi connectivity index (χ4v) is 2.65. The molecule has 0 aromatic carbocycles. The molecule has 1 heteroatoms. The van der Waals surface area contributed by atoms with Crippen LogP contribution in [0.3, 0.4) is 0 Å². The Labute approximate surface area is 79.5 Å². The van der Waals surface area contributed by atoms with Gasteiger partial charge in [-0.05, 0) is 25.2 Å². The van der Waals surface area contributed by atoms with Crippen molar-refractivity contribution < 1.29 is 5.11 Å². The molecule has 3 aliphatic carbocycles. The highest BCUT2D eigenvalue weighted by molar-refractivity contribution is 5.30. The fraction of sp³-hybridized carbons (Fsp3) is 0.500. The van der Waals surface area contributed by atoms with Gasteiger partial charge in [0.25, 0.3) is 0 Å². The Morgan fingerprint density at radius 1 is 1.38 bits per heavy atom. The Morgan fingerprint density at radius 3 is 2.54 bits per heavy atom. The van der Waals surface area contributed by atoms with Crippen LogP contribution >= 0.6 is 0 Å². The molecule has 0 aliphatic heterocycles. The van der Waals surface area contributed by atoms with Gasteiger partial charge in [-0.25, -0.2) is 0 Å². The topological polar surface area (TPSA) is 20.2 Å². The van der Waals surface area contributed by atoms with E-state index in [0.29, 0.717) is 5.92 Å². The standard InChI is InChI=1S/C12H16O/c1-3-11-7-5-10(6-8-11)9-12(11,13)4-2/h3-5,7,10,13H,1-2,6,8-9H2. The van der Waals surface area contributed by atoms with Gasteiger partial charge in [0, 0.05) is 5.41 Å². The lowest BCUT2D eigenvalue weighted by Crippen LogP contribution is -2.51. The predicted molar refractivity (Wildman–Crippen MR) is 54.3 cm³/mol. The average Bonchev–Trinajstić information content (AvgIpc) is 2.19. The molecule has 0 spiro atoms. The smallest absolute Gasteiger partial charge is 0.0955 e. The molecule has 3 rings (SSSR count). The molecule has 0 radical (unpaired) electrons. The molecule has 3 aliphatic rings. The van der Waals surface area contributed by atoms with Crippen LogP contribution in [0.25, 0.3) is 0 Å². The van der Waals surface area contributed by atoms with Gasteiger partial charge in [0.05, 0.1) is 5.60 Å². The summed E-state index contributed by atoms with van der Waals surface area (Å²) in [4.78, 5) is 0. The van der Waals surface area contributed by atoms with Gasteiger partial charge in [0.1, 0.15) is 0 Å². The second-order valence-electron chi connectivity index (χ2n) is 4.23. The maximum atomic E-state index is 10.4. The molecule has 0 amide bonds. The van der Waals surface area contributed by atoms with Gasteiger partial charge in [-0.15, -0.1) is 13.2 Å². The summed E-state index contributed by atoms with van der Waals surface area (Å²) in [5.74, 6) is 0.532. The lowest BCUT2D eigenvalue weighted by Gasteiger charge is -2.51. The quantitative estimate of drug-likeness (QED) is 0.641. The number of hydrogen-bond acceptors (Lipinski definition) is 1. The number of rotatable bonds is 2. The summed E-state index contributed by atoms with van der Waals surface area (Å²) in [6, 6.07) is 0. The number of fused-ring (bicyclic) bond motifs is 2. The zero-order valence-electron chi connectivity index (χ0n) is 7.87. The molecular weight excluding hydrogens is 160 g/mol. The van der Waals surface area contributed by atoms with Crippen molar-refractivity contribution >= 4 is 0 Å². The van der Waals surface area contributed by atoms with Crippen LogP contribution < -0.4 is 0 Å². The van der Waals surface area contributed by atoms with Crippen LogP contribution in [-0.2, 0) is 0 Å². The van der Waals surface area contributed by atoms with E-state index < -0.39 is 5.60 Å². The van der Waals surface area contributed by atoms with Crippen molar-refractivity contribution in [2.45, 2.75) is 24.9 Å². The van der Waals surface area contributed by atoms with Gasteiger partial charge in [-0.1, -0.05) is 24.3 Å². The molecule has 0 aromatic heterocycles. The molecule has 0 saturated heterocycles. The van der Waals surface area contributed by atoms with Gasteiger partial charge >= 0.3 is 0 Å². The highest BCUT2D eigenvalue weighted by atomic mass is 16.3. The number of allylic oxidation sites excluding steroid dienone is 1. The highest BCUT2D eigenvalue weighted by Crippen LogP contribution is 2.53. The monoisotopic (exact) mass is 176 g/mol. The van der Waals surface area contributed by atoms with Crippen LogP contribution in [0.4, 0.5) is 0 Å². The Hall–Kier alpha value is -0.820. The molecule has 1 N–H and O–H groups in total. The van der Waals surface area contributed by atoms with E-state index >= 15 is 0 Å². The Kier molecular flexibility index (Phi) is 1.74. The van der Waals surface area contributed by atoms with Crippen LogP contribution in [-0.4, -0.2) is 10.7 Å². The van der Waals surface area contributed by atoms with E-state index in [-0.39, 0.29) is 5.41 Å². The minimum Gasteiger partial charge on any atom is -0.385 e. The van der Waals surface area contributed by atoms with Crippen LogP contribution in [0.1, 0.15) is 19.3 Å². The van der Waals surface area contributed by atoms with Crippen molar-refractivity contribution in [1.82, 2.24) is 0 Å². The zero-order valence-corrected chi connectivity index (χ0v) is 7.87. The molecule has 3 unspecified atom stereocenters. The summed E-state index contributed by atoms with van der Waals surface area (Å²) in [6.07, 6.45) is 10.9. The third-order valence-corrected chi connectivity index (χ3v) is 3.68. The van der Waals surface area contributed by atoms with Gasteiger partial charge in [-0.3, -0.25) is 0 Å². The fourth-order valence-electron chi connectivity index (χ4n) is 2.65. The number of aliphatic hydroxyl groups is 1. The molecule has 1 saturated carbocycles. The van der Waals surface area contributed by atoms with E-state index in [0.717, 1.165) is 12.8 Å². The second kappa shape index (κ2) is 2.58. The van der Waals surface area contributed by atoms with Gasteiger partial charge in [-0.2, -0.15) is 0 Å². The summed E-state index contributed by atoms with van der Waals surface area (Å²) in [7, 11) is 0. The minimum atomic E-state index is -0.758. The number of hydrogen-bond donors (Lipinski definition) is 1. The first-order valence-electron chi connectivity index (χ1n) is 4.85. The Balaban J connectivity index is 2.48. The van der Waals surface area contributed by atoms with E-state index in [1.165, 1.54) is 6.42 Å². The Morgan fingerprint density at radius 2 is 2.15 bits per heavy atom. The van der Waals surface area contributed by atoms with Crippen molar-refractivity contribution in [1.29, 1.82) is 0 Å². The Bertz CT molecular complexity index is 279. The van der Waals surface area contributed by atoms with Crippen LogP contribution in [0.15, 0.2) is 37.5 Å². The summed E-state index contributed by atoms with van der Waals surface area (Å²) in [6.45, 7) is 7.57. The maximum absolute atomic E-state index is 10.4. The highest BCUT2D eigenvalue weighted by Gasteiger charge is 2.51. The first-order chi connectivity index (χ1) is 6.16.